The van der Waals surface area contributed by atoms with Crippen LogP contribution in [0.2, 0.25) is 0 Å². The standard InChI is InChI=1S/C13H27NO2/c1-3-5-7-9-11-13(16,12(14)15)10-8-6-4-2/h16H,3-11H2,1-2H3,(H2,14,15). The van der Waals surface area contributed by atoms with Crippen LogP contribution in [0.4, 0.5) is 0 Å². The lowest BCUT2D eigenvalue weighted by molar-refractivity contribution is -0.138. The highest BCUT2D eigenvalue weighted by atomic mass is 16.3. The van der Waals surface area contributed by atoms with Crippen molar-refractivity contribution in [1.29, 1.82) is 0 Å². The zero-order valence-electron chi connectivity index (χ0n) is 10.8. The molecule has 1 unspecified atom stereocenters. The highest BCUT2D eigenvalue weighted by Gasteiger charge is 2.32. The van der Waals surface area contributed by atoms with Gasteiger partial charge in [-0.3, -0.25) is 4.79 Å². The van der Waals surface area contributed by atoms with Gasteiger partial charge in [-0.25, -0.2) is 0 Å². The number of aliphatic hydroxyl groups is 1. The van der Waals surface area contributed by atoms with Crippen LogP contribution in [0.5, 0.6) is 0 Å². The molecule has 3 nitrogen and oxygen atoms in total. The number of nitrogens with two attached hydrogens (primary N) is 1. The first-order valence-corrected chi connectivity index (χ1v) is 6.59. The Morgan fingerprint density at radius 1 is 1.00 bits per heavy atom. The largest absolute Gasteiger partial charge is 0.380 e. The van der Waals surface area contributed by atoms with Gasteiger partial charge in [-0.15, -0.1) is 0 Å². The predicted octanol–water partition coefficient (Wildman–Crippen LogP) is 2.75. The average molecular weight is 229 g/mol. The molecular formula is C13H27NO2. The number of hydrogen-bond acceptors (Lipinski definition) is 2. The van der Waals surface area contributed by atoms with E-state index in [0.29, 0.717) is 12.8 Å². The lowest BCUT2D eigenvalue weighted by atomic mass is 9.89. The molecule has 0 rings (SSSR count). The maximum Gasteiger partial charge on any atom is 0.249 e. The van der Waals surface area contributed by atoms with Crippen molar-refractivity contribution < 1.29 is 9.90 Å². The topological polar surface area (TPSA) is 63.3 Å². The summed E-state index contributed by atoms with van der Waals surface area (Å²) < 4.78 is 0. The quantitative estimate of drug-likeness (QED) is 0.566. The van der Waals surface area contributed by atoms with Crippen LogP contribution in [0.1, 0.15) is 71.6 Å². The van der Waals surface area contributed by atoms with Gasteiger partial charge in [-0.1, -0.05) is 58.8 Å². The molecule has 0 aliphatic heterocycles. The van der Waals surface area contributed by atoms with Gasteiger partial charge >= 0.3 is 0 Å². The van der Waals surface area contributed by atoms with E-state index in [2.05, 4.69) is 13.8 Å². The number of carbonyl (C=O) groups excluding carboxylic acids is 1. The summed E-state index contributed by atoms with van der Waals surface area (Å²) in [5.41, 5.74) is 4.02. The van der Waals surface area contributed by atoms with Crippen LogP contribution in [0, 0.1) is 0 Å². The maximum absolute atomic E-state index is 11.3. The van der Waals surface area contributed by atoms with Crippen molar-refractivity contribution in [1.82, 2.24) is 0 Å². The van der Waals surface area contributed by atoms with Gasteiger partial charge in [0.15, 0.2) is 0 Å². The van der Waals surface area contributed by atoms with Gasteiger partial charge in [-0.2, -0.15) is 0 Å². The first kappa shape index (κ1) is 15.4. The third-order valence-electron chi connectivity index (χ3n) is 3.10. The fourth-order valence-corrected chi connectivity index (χ4v) is 1.88. The van der Waals surface area contributed by atoms with Crippen molar-refractivity contribution in [2.45, 2.75) is 77.2 Å². The van der Waals surface area contributed by atoms with E-state index in [1.165, 1.54) is 0 Å². The molecule has 3 heteroatoms. The summed E-state index contributed by atoms with van der Waals surface area (Å²) in [5.74, 6) is -0.555. The summed E-state index contributed by atoms with van der Waals surface area (Å²) in [7, 11) is 0. The van der Waals surface area contributed by atoms with Crippen LogP contribution in [-0.4, -0.2) is 16.6 Å². The Morgan fingerprint density at radius 3 is 1.88 bits per heavy atom. The zero-order chi connectivity index (χ0) is 12.4. The van der Waals surface area contributed by atoms with E-state index in [0.717, 1.165) is 44.9 Å². The number of rotatable bonds is 10. The monoisotopic (exact) mass is 229 g/mol. The van der Waals surface area contributed by atoms with Crippen LogP contribution in [0.15, 0.2) is 0 Å². The summed E-state index contributed by atoms with van der Waals surface area (Å²) in [6, 6.07) is 0. The molecule has 0 saturated heterocycles. The van der Waals surface area contributed by atoms with Crippen LogP contribution >= 0.6 is 0 Å². The van der Waals surface area contributed by atoms with Gasteiger partial charge in [0.05, 0.1) is 0 Å². The second-order valence-electron chi connectivity index (χ2n) is 4.66. The Morgan fingerprint density at radius 2 is 1.44 bits per heavy atom. The molecule has 0 saturated carbocycles. The Balaban J connectivity index is 3.96. The first-order chi connectivity index (χ1) is 7.56. The minimum atomic E-state index is -1.26. The van der Waals surface area contributed by atoms with E-state index in [9.17, 15) is 9.90 Å². The Kier molecular flexibility index (Phi) is 8.26. The summed E-state index contributed by atoms with van der Waals surface area (Å²) in [4.78, 5) is 11.3. The Hall–Kier alpha value is -0.570. The lowest BCUT2D eigenvalue weighted by Gasteiger charge is -2.24. The number of unbranched alkanes of at least 4 members (excludes halogenated alkanes) is 5. The van der Waals surface area contributed by atoms with Crippen LogP contribution < -0.4 is 5.73 Å². The normalized spacial score (nSPS) is 14.7. The van der Waals surface area contributed by atoms with E-state index < -0.39 is 11.5 Å². The third kappa shape index (κ3) is 6.11. The number of carbonyl (C=O) groups is 1. The highest BCUT2D eigenvalue weighted by molar-refractivity contribution is 5.83. The first-order valence-electron chi connectivity index (χ1n) is 6.59. The molecule has 0 aromatic rings. The molecule has 0 aromatic carbocycles. The zero-order valence-corrected chi connectivity index (χ0v) is 10.8. The van der Waals surface area contributed by atoms with Crippen molar-refractivity contribution >= 4 is 5.91 Å². The fraction of sp³-hybridized carbons (Fsp3) is 0.923. The molecule has 16 heavy (non-hydrogen) atoms. The molecule has 0 fully saturated rings. The van der Waals surface area contributed by atoms with E-state index in [1.54, 1.807) is 0 Å². The van der Waals surface area contributed by atoms with E-state index in [-0.39, 0.29) is 0 Å². The highest BCUT2D eigenvalue weighted by Crippen LogP contribution is 2.22. The second-order valence-corrected chi connectivity index (χ2v) is 4.66. The van der Waals surface area contributed by atoms with Gasteiger partial charge in [-0.05, 0) is 12.8 Å². The lowest BCUT2D eigenvalue weighted by Crippen LogP contribution is -2.43. The van der Waals surface area contributed by atoms with Gasteiger partial charge in [0, 0.05) is 0 Å². The molecule has 0 radical (unpaired) electrons. The van der Waals surface area contributed by atoms with Crippen molar-refractivity contribution in [3.63, 3.8) is 0 Å². The Labute approximate surface area is 99.4 Å². The molecule has 3 N–H and O–H groups in total. The fourth-order valence-electron chi connectivity index (χ4n) is 1.88. The summed E-state index contributed by atoms with van der Waals surface area (Å²) in [6.45, 7) is 4.24. The minimum Gasteiger partial charge on any atom is -0.380 e. The SMILES string of the molecule is CCCCCCC(O)(CCCCC)C(N)=O. The third-order valence-corrected chi connectivity index (χ3v) is 3.10. The van der Waals surface area contributed by atoms with Crippen molar-refractivity contribution in [3.8, 4) is 0 Å². The molecule has 96 valence electrons. The van der Waals surface area contributed by atoms with Gasteiger partial charge < -0.3 is 10.8 Å². The average Bonchev–Trinajstić information content (AvgIpc) is 2.25. The molecule has 0 bridgehead atoms. The molecule has 0 aliphatic rings. The van der Waals surface area contributed by atoms with Crippen molar-refractivity contribution in [2.24, 2.45) is 5.73 Å². The number of hydrogen-bond donors (Lipinski definition) is 2. The molecule has 0 spiro atoms. The molecule has 1 atom stereocenters. The molecule has 0 aliphatic carbocycles. The number of primary amides is 1. The molecule has 0 heterocycles. The summed E-state index contributed by atoms with van der Waals surface area (Å²) >= 11 is 0. The molecule has 1 amide bonds. The van der Waals surface area contributed by atoms with Crippen molar-refractivity contribution in [2.75, 3.05) is 0 Å². The van der Waals surface area contributed by atoms with Crippen LogP contribution in [-0.2, 0) is 4.79 Å². The smallest absolute Gasteiger partial charge is 0.249 e. The van der Waals surface area contributed by atoms with E-state index in [1.807, 2.05) is 0 Å². The predicted molar refractivity (Wildman–Crippen MR) is 67.0 cm³/mol. The van der Waals surface area contributed by atoms with Crippen molar-refractivity contribution in [3.05, 3.63) is 0 Å². The second kappa shape index (κ2) is 8.57. The molecule has 0 aromatic heterocycles. The minimum absolute atomic E-state index is 0.516. The summed E-state index contributed by atoms with van der Waals surface area (Å²) in [6.07, 6.45) is 8.32. The van der Waals surface area contributed by atoms with Crippen LogP contribution in [0.3, 0.4) is 0 Å². The van der Waals surface area contributed by atoms with Gasteiger partial charge in [0.2, 0.25) is 5.91 Å². The van der Waals surface area contributed by atoms with Gasteiger partial charge in [0.1, 0.15) is 5.60 Å². The van der Waals surface area contributed by atoms with E-state index in [4.69, 9.17) is 5.73 Å². The Bertz CT molecular complexity index is 194. The van der Waals surface area contributed by atoms with Crippen LogP contribution in [0.25, 0.3) is 0 Å². The van der Waals surface area contributed by atoms with E-state index >= 15 is 0 Å². The molecular weight excluding hydrogens is 202 g/mol. The summed E-state index contributed by atoms with van der Waals surface area (Å²) in [5, 5.41) is 10.1. The maximum atomic E-state index is 11.3. The number of amides is 1. The van der Waals surface area contributed by atoms with Gasteiger partial charge in [0.25, 0.3) is 0 Å².